The van der Waals surface area contributed by atoms with Gasteiger partial charge in [-0.2, -0.15) is 0 Å². The minimum absolute atomic E-state index is 0.0000351. The fraction of sp³-hybridized carbons (Fsp3) is 0.735. The van der Waals surface area contributed by atoms with Crippen molar-refractivity contribution in [3.63, 3.8) is 0 Å². The third kappa shape index (κ3) is 22.4. The monoisotopic (exact) mass is 1020 g/mol. The Morgan fingerprint density at radius 2 is 0.861 bits per heavy atom. The van der Waals surface area contributed by atoms with E-state index < -0.39 is 0 Å². The third-order valence-electron chi connectivity index (χ3n) is 12.4. The number of rotatable bonds is 41. The number of hydrogen-bond acceptors (Lipinski definition) is 15. The van der Waals surface area contributed by atoms with Gasteiger partial charge in [0.1, 0.15) is 0 Å². The van der Waals surface area contributed by atoms with Gasteiger partial charge in [-0.25, -0.2) is 9.59 Å². The fourth-order valence-corrected chi connectivity index (χ4v) is 8.53. The zero-order chi connectivity index (χ0) is 51.0. The minimum Gasteiger partial charge on any atom is -0.379 e. The number of amides is 8. The van der Waals surface area contributed by atoms with Crippen LogP contribution in [0.15, 0.2) is 23.2 Å². The molecule has 0 saturated carbocycles. The van der Waals surface area contributed by atoms with Gasteiger partial charge in [-0.15, -0.1) is 0 Å². The summed E-state index contributed by atoms with van der Waals surface area (Å²) in [6, 6.07) is 4.54. The van der Waals surface area contributed by atoms with E-state index in [9.17, 15) is 28.8 Å². The molecule has 1 aromatic rings. The lowest BCUT2D eigenvalue weighted by molar-refractivity contribution is -0.122. The molecule has 404 valence electrons. The van der Waals surface area contributed by atoms with Crippen molar-refractivity contribution in [1.82, 2.24) is 42.5 Å². The molecule has 6 atom stereocenters. The van der Waals surface area contributed by atoms with Gasteiger partial charge in [0.2, 0.25) is 11.8 Å². The van der Waals surface area contributed by atoms with Crippen LogP contribution in [0, 0.1) is 0 Å². The predicted octanol–water partition coefficient (Wildman–Crippen LogP) is 1.39. The lowest BCUT2D eigenvalue weighted by atomic mass is 10.0. The molecule has 0 spiro atoms. The number of carbonyl (C=O) groups is 6. The number of ether oxygens (including phenoxy) is 8. The molecule has 23 nitrogen and oxygen atoms in total. The first-order valence-electron chi connectivity index (χ1n) is 25.8. The molecule has 4 saturated heterocycles. The van der Waals surface area contributed by atoms with Gasteiger partial charge < -0.3 is 80.4 Å². The Morgan fingerprint density at radius 3 is 1.24 bits per heavy atom. The summed E-state index contributed by atoms with van der Waals surface area (Å²) in [4.78, 5) is 76.9. The van der Waals surface area contributed by atoms with E-state index in [-0.39, 0.29) is 72.1 Å². The van der Waals surface area contributed by atoms with Crippen molar-refractivity contribution < 1.29 is 66.7 Å². The summed E-state index contributed by atoms with van der Waals surface area (Å²) in [5.74, 6) is -0.633. The highest BCUT2D eigenvalue weighted by atomic mass is 16.5. The third-order valence-corrected chi connectivity index (χ3v) is 12.4. The molecular weight excluding hydrogens is 939 g/mol. The van der Waals surface area contributed by atoms with Crippen molar-refractivity contribution in [2.45, 2.75) is 113 Å². The Morgan fingerprint density at radius 1 is 0.500 bits per heavy atom. The molecule has 8 N–H and O–H groups in total. The van der Waals surface area contributed by atoms with Crippen molar-refractivity contribution in [3.05, 3.63) is 29.3 Å². The fourth-order valence-electron chi connectivity index (χ4n) is 8.53. The predicted molar refractivity (Wildman–Crippen MR) is 265 cm³/mol. The number of aliphatic imine (C=N–C) groups is 1. The zero-order valence-corrected chi connectivity index (χ0v) is 41.8. The van der Waals surface area contributed by atoms with E-state index in [1.54, 1.807) is 12.1 Å². The van der Waals surface area contributed by atoms with Gasteiger partial charge in [-0.1, -0.05) is 12.8 Å². The highest BCUT2D eigenvalue weighted by molar-refractivity contribution is 6.01. The second-order valence-corrected chi connectivity index (χ2v) is 18.0. The number of carbonyl (C=O) groups excluding carboxylic acids is 6. The van der Waals surface area contributed by atoms with Gasteiger partial charge in [-0.3, -0.25) is 24.2 Å². The van der Waals surface area contributed by atoms with Crippen LogP contribution in [0.1, 0.15) is 97.8 Å². The van der Waals surface area contributed by atoms with Gasteiger partial charge in [0.25, 0.3) is 11.8 Å². The Balaban J connectivity index is 0.742. The van der Waals surface area contributed by atoms with Crippen LogP contribution >= 0.6 is 0 Å². The molecule has 5 rings (SSSR count). The first-order chi connectivity index (χ1) is 35.2. The molecule has 0 aliphatic carbocycles. The number of unbranched alkanes of at least 4 members (excludes halogenated alkanes) is 2. The molecule has 23 heteroatoms. The van der Waals surface area contributed by atoms with Crippen LogP contribution in [0.3, 0.4) is 0 Å². The summed E-state index contributed by atoms with van der Waals surface area (Å²) in [5, 5.41) is 23.1. The van der Waals surface area contributed by atoms with E-state index in [1.807, 2.05) is 0 Å². The van der Waals surface area contributed by atoms with Crippen molar-refractivity contribution in [2.75, 3.05) is 119 Å². The topological polar surface area (TPSA) is 285 Å². The van der Waals surface area contributed by atoms with Crippen LogP contribution in [0.5, 0.6) is 0 Å². The molecule has 4 heterocycles. The average Bonchev–Trinajstić information content (AvgIpc) is 4.15. The van der Waals surface area contributed by atoms with Gasteiger partial charge in [-0.05, 0) is 76.3 Å². The summed E-state index contributed by atoms with van der Waals surface area (Å²) in [6.45, 7) is 11.7. The summed E-state index contributed by atoms with van der Waals surface area (Å²) in [5.41, 5.74) is 1.01. The number of nitrogens with zero attached hydrogens (tertiary/aromatic N) is 1. The smallest absolute Gasteiger partial charge is 0.315 e. The molecule has 4 aliphatic heterocycles. The Bertz CT molecular complexity index is 1710. The molecule has 0 bridgehead atoms. The maximum Gasteiger partial charge on any atom is 0.315 e. The normalized spacial score (nSPS) is 20.7. The number of urea groups is 2. The molecule has 4 aliphatic rings. The molecule has 0 radical (unpaired) electrons. The second-order valence-electron chi connectivity index (χ2n) is 18.0. The molecule has 1 aromatic carbocycles. The standard InChI is InChI=1S/C49H79N9O14/c1-50-37-31-35(46(61)53-16-8-20-67-24-28-69-26-22-65-18-6-14-51-42(59)12-4-2-10-40-44-38(33-71-40)55-48(63)57-44)30-36(32-37)47(62)54-17-9-21-68-25-29-70-27-23-66-19-7-15-52-43(60)13-5-3-11-41-45-39(34-72-41)56-49(64)58-45/h30-32,38-41,44-45H,1-29,33-34H2,(H,51,59)(H,52,60)(H,53,61)(H,54,62)(H2,55,57,63)(H2,56,58,64). The van der Waals surface area contributed by atoms with Crippen molar-refractivity contribution in [3.8, 4) is 0 Å². The highest BCUT2D eigenvalue weighted by Crippen LogP contribution is 2.24. The summed E-state index contributed by atoms with van der Waals surface area (Å²) >= 11 is 0. The quantitative estimate of drug-likeness (QED) is 0.0340. The van der Waals surface area contributed by atoms with Crippen LogP contribution in [-0.2, 0) is 47.5 Å². The van der Waals surface area contributed by atoms with Crippen LogP contribution in [-0.4, -0.2) is 197 Å². The SMILES string of the molecule is C=Nc1cc(C(=O)NCCCOCCOCCOCCCNC(=O)CCCCC2OCC3NC(=O)NC32)cc(C(=O)NCCCOCCOCCOCCCNC(=O)CCCCC2OCC3NC(=O)NC32)c1. The lowest BCUT2D eigenvalue weighted by Gasteiger charge is -2.16. The number of benzene rings is 1. The van der Waals surface area contributed by atoms with Crippen molar-refractivity contribution in [2.24, 2.45) is 4.99 Å². The first kappa shape index (κ1) is 57.9. The molecule has 8 amide bonds. The van der Waals surface area contributed by atoms with Crippen molar-refractivity contribution >= 4 is 48.1 Å². The van der Waals surface area contributed by atoms with Gasteiger partial charge in [0.15, 0.2) is 0 Å². The van der Waals surface area contributed by atoms with Gasteiger partial charge in [0, 0.05) is 76.6 Å². The molecule has 6 unspecified atom stereocenters. The van der Waals surface area contributed by atoms with E-state index in [4.69, 9.17) is 37.9 Å². The summed E-state index contributed by atoms with van der Waals surface area (Å²) in [7, 11) is 0. The molecule has 4 fully saturated rings. The van der Waals surface area contributed by atoms with Crippen LogP contribution in [0.25, 0.3) is 0 Å². The largest absolute Gasteiger partial charge is 0.379 e. The lowest BCUT2D eigenvalue weighted by Crippen LogP contribution is -2.37. The summed E-state index contributed by atoms with van der Waals surface area (Å²) in [6.07, 6.45) is 8.38. The van der Waals surface area contributed by atoms with Crippen LogP contribution in [0.4, 0.5) is 15.3 Å². The van der Waals surface area contributed by atoms with Gasteiger partial charge >= 0.3 is 12.1 Å². The van der Waals surface area contributed by atoms with E-state index in [1.165, 1.54) is 6.07 Å². The van der Waals surface area contributed by atoms with E-state index in [0.29, 0.717) is 174 Å². The Kier molecular flexibility index (Phi) is 27.7. The van der Waals surface area contributed by atoms with E-state index in [2.05, 4.69) is 54.2 Å². The minimum atomic E-state index is -0.336. The maximum absolute atomic E-state index is 12.9. The molecular formula is C49H79N9O14. The maximum atomic E-state index is 12.9. The molecule has 72 heavy (non-hydrogen) atoms. The number of fused-ring (bicyclic) bond motifs is 2. The summed E-state index contributed by atoms with van der Waals surface area (Å²) < 4.78 is 45.0. The average molecular weight is 1020 g/mol. The molecule has 0 aromatic heterocycles. The Hall–Kier alpha value is -5.01. The zero-order valence-electron chi connectivity index (χ0n) is 41.8. The first-order valence-corrected chi connectivity index (χ1v) is 25.8. The Labute approximate surface area is 422 Å². The van der Waals surface area contributed by atoms with E-state index in [0.717, 1.165) is 38.5 Å². The van der Waals surface area contributed by atoms with E-state index >= 15 is 0 Å². The number of hydrogen-bond donors (Lipinski definition) is 8. The van der Waals surface area contributed by atoms with Crippen molar-refractivity contribution in [1.29, 1.82) is 0 Å². The van der Waals surface area contributed by atoms with Crippen LogP contribution in [0.2, 0.25) is 0 Å². The number of nitrogens with one attached hydrogen (secondary N) is 8. The second kappa shape index (κ2) is 34.4. The van der Waals surface area contributed by atoms with Crippen LogP contribution < -0.4 is 42.5 Å². The van der Waals surface area contributed by atoms with Gasteiger partial charge in [0.05, 0.1) is 108 Å². The highest BCUT2D eigenvalue weighted by Gasteiger charge is 2.44.